The summed E-state index contributed by atoms with van der Waals surface area (Å²) in [4.78, 5) is 13.6. The van der Waals surface area contributed by atoms with E-state index >= 15 is 0 Å². The summed E-state index contributed by atoms with van der Waals surface area (Å²) in [6, 6.07) is 9.17. The van der Waals surface area contributed by atoms with Crippen LogP contribution in [0.3, 0.4) is 0 Å². The minimum atomic E-state index is -0.574. The van der Waals surface area contributed by atoms with Gasteiger partial charge in [0.25, 0.3) is 5.91 Å². The summed E-state index contributed by atoms with van der Waals surface area (Å²) in [7, 11) is 0. The molecule has 7 nitrogen and oxygen atoms in total. The Balaban J connectivity index is 1.65. The maximum absolute atomic E-state index is 12.2. The Labute approximate surface area is 127 Å². The fourth-order valence-electron chi connectivity index (χ4n) is 2.73. The summed E-state index contributed by atoms with van der Waals surface area (Å²) in [5, 5.41) is 30.0. The van der Waals surface area contributed by atoms with Gasteiger partial charge in [0, 0.05) is 18.6 Å². The second kappa shape index (κ2) is 6.25. The molecule has 1 aliphatic rings. The van der Waals surface area contributed by atoms with Gasteiger partial charge in [-0.2, -0.15) is 9.90 Å². The molecule has 1 amide bonds. The highest BCUT2D eigenvalue weighted by atomic mass is 16.3. The highest BCUT2D eigenvalue weighted by Gasteiger charge is 2.33. The number of aliphatic hydroxyl groups is 2. The van der Waals surface area contributed by atoms with Crippen LogP contribution in [0.4, 0.5) is 0 Å². The van der Waals surface area contributed by atoms with Crippen LogP contribution in [-0.4, -0.2) is 49.9 Å². The molecule has 22 heavy (non-hydrogen) atoms. The number of aromatic nitrogens is 3. The zero-order chi connectivity index (χ0) is 15.5. The number of aliphatic hydroxyl groups excluding tert-OH is 2. The lowest BCUT2D eigenvalue weighted by Gasteiger charge is -2.10. The molecule has 1 aliphatic carbocycles. The lowest BCUT2D eigenvalue weighted by Crippen LogP contribution is -2.33. The number of amides is 1. The molecule has 2 aromatic rings. The predicted molar refractivity (Wildman–Crippen MR) is 78.4 cm³/mol. The maximum atomic E-state index is 12.2. The van der Waals surface area contributed by atoms with Crippen LogP contribution in [0, 0.1) is 5.92 Å². The largest absolute Gasteiger partial charge is 0.396 e. The van der Waals surface area contributed by atoms with Gasteiger partial charge >= 0.3 is 0 Å². The third-order valence-electron chi connectivity index (χ3n) is 3.94. The molecular formula is C15H18N4O3. The number of hydrogen-bond donors (Lipinski definition) is 3. The molecule has 1 aromatic carbocycles. The summed E-state index contributed by atoms with van der Waals surface area (Å²) in [5.41, 5.74) is 1.00. The molecule has 0 aliphatic heterocycles. The molecule has 1 saturated carbocycles. The van der Waals surface area contributed by atoms with Crippen LogP contribution in [0.25, 0.3) is 5.69 Å². The van der Waals surface area contributed by atoms with E-state index in [1.54, 1.807) is 0 Å². The molecule has 0 bridgehead atoms. The van der Waals surface area contributed by atoms with E-state index in [9.17, 15) is 9.90 Å². The van der Waals surface area contributed by atoms with Crippen molar-refractivity contribution in [3.05, 3.63) is 42.2 Å². The van der Waals surface area contributed by atoms with Crippen molar-refractivity contribution < 1.29 is 15.0 Å². The Kier molecular flexibility index (Phi) is 4.17. The number of rotatable bonds is 4. The molecule has 1 heterocycles. The van der Waals surface area contributed by atoms with Crippen molar-refractivity contribution in [1.82, 2.24) is 20.3 Å². The average Bonchev–Trinajstić information content (AvgIpc) is 3.15. The van der Waals surface area contributed by atoms with Crippen molar-refractivity contribution in [1.29, 1.82) is 0 Å². The molecule has 3 atom stereocenters. The van der Waals surface area contributed by atoms with Crippen molar-refractivity contribution in [2.45, 2.75) is 25.0 Å². The fourth-order valence-corrected chi connectivity index (χ4v) is 2.73. The number of carbonyl (C=O) groups is 1. The van der Waals surface area contributed by atoms with Gasteiger partial charge in [-0.1, -0.05) is 18.2 Å². The monoisotopic (exact) mass is 302 g/mol. The van der Waals surface area contributed by atoms with E-state index in [1.807, 2.05) is 30.3 Å². The quantitative estimate of drug-likeness (QED) is 0.745. The van der Waals surface area contributed by atoms with Gasteiger partial charge in [0.1, 0.15) is 0 Å². The van der Waals surface area contributed by atoms with Crippen LogP contribution >= 0.6 is 0 Å². The molecule has 1 fully saturated rings. The Bertz CT molecular complexity index is 643. The Morgan fingerprint density at radius 1 is 1.32 bits per heavy atom. The first-order chi connectivity index (χ1) is 10.7. The number of para-hydroxylation sites is 1. The SMILES string of the molecule is O=C(N[C@H]1C[C@@H](CO)[C@H](O)C1)c1cnn(-c2ccccc2)n1. The van der Waals surface area contributed by atoms with Gasteiger partial charge in [0.2, 0.25) is 0 Å². The van der Waals surface area contributed by atoms with E-state index < -0.39 is 6.10 Å². The number of nitrogens with one attached hydrogen (secondary N) is 1. The van der Waals surface area contributed by atoms with Crippen LogP contribution in [-0.2, 0) is 0 Å². The molecule has 1 aromatic heterocycles. The summed E-state index contributed by atoms with van der Waals surface area (Å²) in [6.07, 6.45) is 1.85. The van der Waals surface area contributed by atoms with Crippen molar-refractivity contribution in [2.75, 3.05) is 6.61 Å². The van der Waals surface area contributed by atoms with Crippen molar-refractivity contribution in [2.24, 2.45) is 5.92 Å². The molecule has 116 valence electrons. The van der Waals surface area contributed by atoms with E-state index in [4.69, 9.17) is 5.11 Å². The van der Waals surface area contributed by atoms with Gasteiger partial charge in [-0.15, -0.1) is 5.10 Å². The molecule has 0 spiro atoms. The minimum Gasteiger partial charge on any atom is -0.396 e. The van der Waals surface area contributed by atoms with Crippen molar-refractivity contribution in [3.8, 4) is 5.69 Å². The first-order valence-electron chi connectivity index (χ1n) is 7.25. The lowest BCUT2D eigenvalue weighted by atomic mass is 10.1. The minimum absolute atomic E-state index is 0.0717. The average molecular weight is 302 g/mol. The van der Waals surface area contributed by atoms with Gasteiger partial charge in [-0.3, -0.25) is 4.79 Å². The third-order valence-corrected chi connectivity index (χ3v) is 3.94. The van der Waals surface area contributed by atoms with Crippen LogP contribution < -0.4 is 5.32 Å². The van der Waals surface area contributed by atoms with Crippen LogP contribution in [0.2, 0.25) is 0 Å². The molecule has 0 unspecified atom stereocenters. The van der Waals surface area contributed by atoms with Gasteiger partial charge < -0.3 is 15.5 Å². The molecule has 3 N–H and O–H groups in total. The molecule has 0 radical (unpaired) electrons. The zero-order valence-electron chi connectivity index (χ0n) is 12.0. The topological polar surface area (TPSA) is 100 Å². The van der Waals surface area contributed by atoms with E-state index in [2.05, 4.69) is 15.5 Å². The van der Waals surface area contributed by atoms with Gasteiger partial charge in [-0.05, 0) is 25.0 Å². The lowest BCUT2D eigenvalue weighted by molar-refractivity contribution is 0.0902. The van der Waals surface area contributed by atoms with Crippen molar-refractivity contribution >= 4 is 5.91 Å². The summed E-state index contributed by atoms with van der Waals surface area (Å²) in [5.74, 6) is -0.497. The number of carbonyl (C=O) groups excluding carboxylic acids is 1. The Hall–Kier alpha value is -2.25. The first-order valence-corrected chi connectivity index (χ1v) is 7.25. The van der Waals surface area contributed by atoms with E-state index in [1.165, 1.54) is 11.0 Å². The number of hydrogen-bond acceptors (Lipinski definition) is 5. The fraction of sp³-hybridized carbons (Fsp3) is 0.400. The standard InChI is InChI=1S/C15H18N4O3/c20-9-10-6-11(7-14(10)21)17-15(22)13-8-16-19(18-13)12-4-2-1-3-5-12/h1-5,8,10-11,14,20-21H,6-7,9H2,(H,17,22)/t10-,11-,14+/m0/s1. The number of benzene rings is 1. The Morgan fingerprint density at radius 2 is 2.09 bits per heavy atom. The molecule has 3 rings (SSSR count). The highest BCUT2D eigenvalue weighted by Crippen LogP contribution is 2.25. The molecular weight excluding hydrogens is 284 g/mol. The highest BCUT2D eigenvalue weighted by molar-refractivity contribution is 5.92. The van der Waals surface area contributed by atoms with E-state index in [-0.39, 0.29) is 30.2 Å². The first kappa shape index (κ1) is 14.7. The van der Waals surface area contributed by atoms with E-state index in [0.29, 0.717) is 12.8 Å². The normalized spacial score (nSPS) is 24.4. The Morgan fingerprint density at radius 3 is 2.77 bits per heavy atom. The van der Waals surface area contributed by atoms with Gasteiger partial charge in [0.05, 0.1) is 18.0 Å². The summed E-state index contributed by atoms with van der Waals surface area (Å²) < 4.78 is 0. The zero-order valence-corrected chi connectivity index (χ0v) is 12.0. The van der Waals surface area contributed by atoms with Crippen molar-refractivity contribution in [3.63, 3.8) is 0 Å². The predicted octanol–water partition coefficient (Wildman–Crippen LogP) is 0.129. The maximum Gasteiger partial charge on any atom is 0.273 e. The smallest absolute Gasteiger partial charge is 0.273 e. The second-order valence-corrected chi connectivity index (χ2v) is 5.51. The van der Waals surface area contributed by atoms with Gasteiger partial charge in [-0.25, -0.2) is 0 Å². The number of nitrogens with zero attached hydrogens (tertiary/aromatic N) is 3. The van der Waals surface area contributed by atoms with Crippen LogP contribution in [0.15, 0.2) is 36.5 Å². The second-order valence-electron chi connectivity index (χ2n) is 5.51. The summed E-state index contributed by atoms with van der Waals surface area (Å²) >= 11 is 0. The molecule has 0 saturated heterocycles. The molecule has 7 heteroatoms. The third kappa shape index (κ3) is 3.00. The van der Waals surface area contributed by atoms with Crippen LogP contribution in [0.5, 0.6) is 0 Å². The van der Waals surface area contributed by atoms with Crippen LogP contribution in [0.1, 0.15) is 23.3 Å². The van der Waals surface area contributed by atoms with Gasteiger partial charge in [0.15, 0.2) is 5.69 Å². The van der Waals surface area contributed by atoms with E-state index in [0.717, 1.165) is 5.69 Å². The summed E-state index contributed by atoms with van der Waals surface area (Å²) in [6.45, 7) is -0.0717.